The predicted molar refractivity (Wildman–Crippen MR) is 69.4 cm³/mol. The van der Waals surface area contributed by atoms with E-state index in [2.05, 4.69) is 13.8 Å². The first kappa shape index (κ1) is 12.9. The standard InChI is InChI=1S/C14H26N2O/c1-9(2)6-7-16(3)14(17)12-10-4-5-11(8-10)13(12)15/h9-13H,4-8,15H2,1-3H3. The normalized spacial score (nSPS) is 35.6. The van der Waals surface area contributed by atoms with Crippen molar-refractivity contribution in [3.8, 4) is 0 Å². The molecule has 4 unspecified atom stereocenters. The van der Waals surface area contributed by atoms with Gasteiger partial charge in [0, 0.05) is 19.6 Å². The minimum absolute atomic E-state index is 0.117. The van der Waals surface area contributed by atoms with E-state index in [1.165, 1.54) is 19.3 Å². The van der Waals surface area contributed by atoms with Crippen LogP contribution in [0.3, 0.4) is 0 Å². The fourth-order valence-corrected chi connectivity index (χ4v) is 3.52. The quantitative estimate of drug-likeness (QED) is 0.812. The van der Waals surface area contributed by atoms with Crippen LogP contribution in [0.5, 0.6) is 0 Å². The van der Waals surface area contributed by atoms with Crippen molar-refractivity contribution >= 4 is 5.91 Å². The Labute approximate surface area is 105 Å². The zero-order valence-electron chi connectivity index (χ0n) is 11.4. The smallest absolute Gasteiger partial charge is 0.227 e. The number of amides is 1. The summed E-state index contributed by atoms with van der Waals surface area (Å²) in [7, 11) is 1.93. The van der Waals surface area contributed by atoms with Gasteiger partial charge in [-0.1, -0.05) is 13.8 Å². The molecule has 3 nitrogen and oxygen atoms in total. The number of rotatable bonds is 4. The van der Waals surface area contributed by atoms with Gasteiger partial charge < -0.3 is 10.6 Å². The Balaban J connectivity index is 1.91. The lowest BCUT2D eigenvalue weighted by Gasteiger charge is -2.31. The molecule has 2 bridgehead atoms. The molecule has 0 heterocycles. The van der Waals surface area contributed by atoms with Crippen molar-refractivity contribution in [3.05, 3.63) is 0 Å². The van der Waals surface area contributed by atoms with Gasteiger partial charge in [-0.3, -0.25) is 4.79 Å². The van der Waals surface area contributed by atoms with E-state index in [-0.39, 0.29) is 12.0 Å². The molecule has 1 amide bonds. The monoisotopic (exact) mass is 238 g/mol. The van der Waals surface area contributed by atoms with Crippen LogP contribution < -0.4 is 5.73 Å². The van der Waals surface area contributed by atoms with Crippen molar-refractivity contribution in [2.75, 3.05) is 13.6 Å². The number of fused-ring (bicyclic) bond motifs is 2. The molecule has 17 heavy (non-hydrogen) atoms. The molecule has 0 aromatic carbocycles. The Morgan fingerprint density at radius 3 is 2.53 bits per heavy atom. The van der Waals surface area contributed by atoms with Crippen LogP contribution in [0.25, 0.3) is 0 Å². The third-order valence-corrected chi connectivity index (χ3v) is 4.68. The Morgan fingerprint density at radius 1 is 1.35 bits per heavy atom. The molecule has 3 heteroatoms. The molecule has 2 aliphatic rings. The zero-order valence-corrected chi connectivity index (χ0v) is 11.4. The fraction of sp³-hybridized carbons (Fsp3) is 0.929. The summed E-state index contributed by atoms with van der Waals surface area (Å²) in [6, 6.07) is 0.128. The summed E-state index contributed by atoms with van der Waals surface area (Å²) >= 11 is 0. The molecule has 98 valence electrons. The van der Waals surface area contributed by atoms with Crippen molar-refractivity contribution in [1.29, 1.82) is 0 Å². The summed E-state index contributed by atoms with van der Waals surface area (Å²) in [5.41, 5.74) is 6.21. The number of nitrogens with zero attached hydrogens (tertiary/aromatic N) is 1. The number of hydrogen-bond donors (Lipinski definition) is 1. The maximum absolute atomic E-state index is 12.4. The molecule has 2 rings (SSSR count). The first-order valence-corrected chi connectivity index (χ1v) is 7.01. The van der Waals surface area contributed by atoms with Crippen molar-refractivity contribution in [1.82, 2.24) is 4.90 Å². The van der Waals surface area contributed by atoms with E-state index in [1.807, 2.05) is 11.9 Å². The summed E-state index contributed by atoms with van der Waals surface area (Å²) in [4.78, 5) is 14.3. The second-order valence-electron chi connectivity index (χ2n) is 6.38. The largest absolute Gasteiger partial charge is 0.345 e. The summed E-state index contributed by atoms with van der Waals surface area (Å²) in [6.45, 7) is 5.26. The van der Waals surface area contributed by atoms with Crippen LogP contribution in [-0.2, 0) is 4.79 Å². The highest BCUT2D eigenvalue weighted by Crippen LogP contribution is 2.48. The predicted octanol–water partition coefficient (Wildman–Crippen LogP) is 1.86. The number of hydrogen-bond acceptors (Lipinski definition) is 2. The van der Waals surface area contributed by atoms with Crippen molar-refractivity contribution in [2.45, 2.75) is 45.6 Å². The van der Waals surface area contributed by atoms with E-state index in [1.54, 1.807) is 0 Å². The summed E-state index contributed by atoms with van der Waals surface area (Å²) in [5, 5.41) is 0. The van der Waals surface area contributed by atoms with Gasteiger partial charge in [0.1, 0.15) is 0 Å². The number of carbonyl (C=O) groups is 1. The molecule has 2 saturated carbocycles. The topological polar surface area (TPSA) is 46.3 Å². The minimum Gasteiger partial charge on any atom is -0.345 e. The lowest BCUT2D eigenvalue weighted by molar-refractivity contribution is -0.136. The van der Waals surface area contributed by atoms with Crippen LogP contribution in [0.4, 0.5) is 0 Å². The second kappa shape index (κ2) is 4.97. The summed E-state index contributed by atoms with van der Waals surface area (Å²) in [5.74, 6) is 2.26. The third kappa shape index (κ3) is 2.49. The Hall–Kier alpha value is -0.570. The van der Waals surface area contributed by atoms with Crippen molar-refractivity contribution < 1.29 is 4.79 Å². The summed E-state index contributed by atoms with van der Waals surface area (Å²) in [6.07, 6.45) is 4.73. The van der Waals surface area contributed by atoms with Crippen LogP contribution in [-0.4, -0.2) is 30.4 Å². The molecule has 0 saturated heterocycles. The molecule has 2 fully saturated rings. The number of nitrogens with two attached hydrogens (primary N) is 1. The van der Waals surface area contributed by atoms with Gasteiger partial charge in [-0.15, -0.1) is 0 Å². The van der Waals surface area contributed by atoms with Gasteiger partial charge in [0.05, 0.1) is 5.92 Å². The lowest BCUT2D eigenvalue weighted by Crippen LogP contribution is -2.46. The molecule has 2 N–H and O–H groups in total. The number of carbonyl (C=O) groups excluding carboxylic acids is 1. The lowest BCUT2D eigenvalue weighted by atomic mass is 9.84. The molecule has 0 aromatic heterocycles. The maximum Gasteiger partial charge on any atom is 0.227 e. The Morgan fingerprint density at radius 2 is 2.00 bits per heavy atom. The van der Waals surface area contributed by atoms with E-state index in [4.69, 9.17) is 5.73 Å². The van der Waals surface area contributed by atoms with Crippen molar-refractivity contribution in [3.63, 3.8) is 0 Å². The van der Waals surface area contributed by atoms with Gasteiger partial charge in [-0.25, -0.2) is 0 Å². The van der Waals surface area contributed by atoms with Crippen LogP contribution in [0.1, 0.15) is 39.5 Å². The highest BCUT2D eigenvalue weighted by molar-refractivity contribution is 5.80. The van der Waals surface area contributed by atoms with E-state index in [0.717, 1.165) is 13.0 Å². The average molecular weight is 238 g/mol. The maximum atomic E-state index is 12.4. The van der Waals surface area contributed by atoms with E-state index < -0.39 is 0 Å². The molecular formula is C14H26N2O. The average Bonchev–Trinajstić information content (AvgIpc) is 2.85. The van der Waals surface area contributed by atoms with Gasteiger partial charge in [0.25, 0.3) is 0 Å². The minimum atomic E-state index is 0.117. The van der Waals surface area contributed by atoms with E-state index in [9.17, 15) is 4.79 Å². The zero-order chi connectivity index (χ0) is 12.6. The van der Waals surface area contributed by atoms with Crippen molar-refractivity contribution in [2.24, 2.45) is 29.4 Å². The van der Waals surface area contributed by atoms with E-state index >= 15 is 0 Å². The highest BCUT2D eigenvalue weighted by atomic mass is 16.2. The second-order valence-corrected chi connectivity index (χ2v) is 6.38. The fourth-order valence-electron chi connectivity index (χ4n) is 3.52. The highest BCUT2D eigenvalue weighted by Gasteiger charge is 2.49. The SMILES string of the molecule is CC(C)CCN(C)C(=O)C1C2CCC(C2)C1N. The molecule has 0 aromatic rings. The Kier molecular flexibility index (Phi) is 3.76. The van der Waals surface area contributed by atoms with Gasteiger partial charge in [0.15, 0.2) is 0 Å². The molecule has 0 spiro atoms. The molecule has 0 aliphatic heterocycles. The third-order valence-electron chi connectivity index (χ3n) is 4.68. The van der Waals surface area contributed by atoms with Gasteiger partial charge in [-0.2, -0.15) is 0 Å². The van der Waals surface area contributed by atoms with Crippen LogP contribution in [0.2, 0.25) is 0 Å². The molecular weight excluding hydrogens is 212 g/mol. The van der Waals surface area contributed by atoms with Crippen LogP contribution >= 0.6 is 0 Å². The van der Waals surface area contributed by atoms with Gasteiger partial charge in [-0.05, 0) is 43.4 Å². The van der Waals surface area contributed by atoms with Crippen LogP contribution in [0.15, 0.2) is 0 Å². The molecule has 0 radical (unpaired) electrons. The van der Waals surface area contributed by atoms with Gasteiger partial charge in [0.2, 0.25) is 5.91 Å². The Bertz CT molecular complexity index is 288. The summed E-state index contributed by atoms with van der Waals surface area (Å²) < 4.78 is 0. The first-order valence-electron chi connectivity index (χ1n) is 7.01. The molecule has 2 aliphatic carbocycles. The first-order chi connectivity index (χ1) is 8.00. The van der Waals surface area contributed by atoms with Gasteiger partial charge >= 0.3 is 0 Å². The molecule has 4 atom stereocenters. The van der Waals surface area contributed by atoms with Crippen LogP contribution in [0, 0.1) is 23.7 Å². The van der Waals surface area contributed by atoms with E-state index in [0.29, 0.717) is 23.7 Å².